The summed E-state index contributed by atoms with van der Waals surface area (Å²) in [6.07, 6.45) is 3.31. The predicted octanol–water partition coefficient (Wildman–Crippen LogP) is 3.38. The highest BCUT2D eigenvalue weighted by molar-refractivity contribution is 7.98. The lowest BCUT2D eigenvalue weighted by molar-refractivity contribution is -0.139. The smallest absolute Gasteiger partial charge is 0.326 e. The zero-order valence-corrected chi connectivity index (χ0v) is 21.4. The Kier molecular flexibility index (Phi) is 9.34. The molecule has 0 radical (unpaired) electrons. The van der Waals surface area contributed by atoms with Crippen molar-refractivity contribution < 1.29 is 14.7 Å². The van der Waals surface area contributed by atoms with Gasteiger partial charge in [-0.25, -0.2) is 4.79 Å². The minimum atomic E-state index is -1.04. The number of thiol groups is 1. The van der Waals surface area contributed by atoms with Crippen molar-refractivity contribution in [3.8, 4) is 11.8 Å². The Labute approximate surface area is 211 Å². The summed E-state index contributed by atoms with van der Waals surface area (Å²) in [6.45, 7) is 2.91. The summed E-state index contributed by atoms with van der Waals surface area (Å²) in [6, 6.07) is 12.4. The first-order valence-electron chi connectivity index (χ1n) is 11.2. The number of nitrogens with zero attached hydrogens (tertiary/aromatic N) is 1. The van der Waals surface area contributed by atoms with Crippen molar-refractivity contribution in [3.63, 3.8) is 0 Å². The normalized spacial score (nSPS) is 18.0. The highest BCUT2D eigenvalue weighted by Gasteiger charge is 2.28. The maximum absolute atomic E-state index is 13.1. The lowest BCUT2D eigenvalue weighted by Crippen LogP contribution is -2.44. The van der Waals surface area contributed by atoms with Gasteiger partial charge in [0.2, 0.25) is 0 Å². The maximum atomic E-state index is 13.1. The van der Waals surface area contributed by atoms with Crippen LogP contribution in [0.15, 0.2) is 42.5 Å². The number of benzene rings is 2. The lowest BCUT2D eigenvalue weighted by atomic mass is 10.0. The number of nitrogens with one attached hydrogen (secondary N) is 2. The van der Waals surface area contributed by atoms with E-state index in [0.717, 1.165) is 29.8 Å². The van der Waals surface area contributed by atoms with Gasteiger partial charge in [0.05, 0.1) is 11.7 Å². The molecule has 2 aromatic rings. The number of aliphatic carboxylic acids is 1. The molecule has 2 unspecified atom stereocenters. The summed E-state index contributed by atoms with van der Waals surface area (Å²) in [5.41, 5.74) is 3.79. The first-order chi connectivity index (χ1) is 16.3. The number of carbonyl (C=O) groups excluding carboxylic acids is 1. The molecule has 1 aliphatic heterocycles. The molecule has 3 atom stereocenters. The Morgan fingerprint density at radius 2 is 2.00 bits per heavy atom. The molecule has 0 aliphatic carbocycles. The van der Waals surface area contributed by atoms with Crippen LogP contribution >= 0.6 is 24.4 Å². The van der Waals surface area contributed by atoms with Crippen molar-refractivity contribution in [2.75, 3.05) is 30.5 Å². The molecule has 3 rings (SSSR count). The molecule has 0 spiro atoms. The number of hydrogen-bond acceptors (Lipinski definition) is 6. The molecule has 0 saturated carbocycles. The summed E-state index contributed by atoms with van der Waals surface area (Å²) < 4.78 is 0. The van der Waals surface area contributed by atoms with Crippen LogP contribution in [0.25, 0.3) is 0 Å². The third kappa shape index (κ3) is 6.72. The fourth-order valence-corrected chi connectivity index (χ4v) is 4.69. The maximum Gasteiger partial charge on any atom is 0.326 e. The van der Waals surface area contributed by atoms with Gasteiger partial charge in [0.1, 0.15) is 6.04 Å². The van der Waals surface area contributed by atoms with E-state index in [-0.39, 0.29) is 11.4 Å². The number of amides is 1. The van der Waals surface area contributed by atoms with E-state index >= 15 is 0 Å². The van der Waals surface area contributed by atoms with Crippen molar-refractivity contribution in [1.82, 2.24) is 10.6 Å². The van der Waals surface area contributed by atoms with Crippen molar-refractivity contribution >= 4 is 42.0 Å². The molecular formula is C26H31N3O3S2. The fraction of sp³-hybridized carbons (Fsp3) is 0.385. The molecule has 0 bridgehead atoms. The number of rotatable bonds is 8. The zero-order chi connectivity index (χ0) is 24.7. The van der Waals surface area contributed by atoms with Crippen LogP contribution < -0.4 is 15.5 Å². The Balaban J connectivity index is 1.94. The van der Waals surface area contributed by atoms with Gasteiger partial charge in [-0.3, -0.25) is 10.1 Å². The molecule has 6 nitrogen and oxygen atoms in total. The molecule has 1 aliphatic rings. The van der Waals surface area contributed by atoms with Crippen molar-refractivity contribution in [2.45, 2.75) is 37.2 Å². The number of carboxylic acid groups (broad SMARTS) is 1. The highest BCUT2D eigenvalue weighted by Crippen LogP contribution is 2.25. The minimum Gasteiger partial charge on any atom is -0.480 e. The molecular weight excluding hydrogens is 466 g/mol. The van der Waals surface area contributed by atoms with Crippen LogP contribution in [0.2, 0.25) is 0 Å². The van der Waals surface area contributed by atoms with E-state index < -0.39 is 17.9 Å². The quantitative estimate of drug-likeness (QED) is 0.331. The second kappa shape index (κ2) is 12.2. The second-order valence-electron chi connectivity index (χ2n) is 8.36. The van der Waals surface area contributed by atoms with E-state index in [1.165, 1.54) is 0 Å². The summed E-state index contributed by atoms with van der Waals surface area (Å²) in [4.78, 5) is 26.8. The highest BCUT2D eigenvalue weighted by atomic mass is 32.2. The van der Waals surface area contributed by atoms with Crippen molar-refractivity contribution in [2.24, 2.45) is 0 Å². The number of thioether (sulfide) groups is 1. The SMILES string of the molecule is CSCC[C@H](NC(=O)c1ccc(N(C)C2NCCC2S)cc1C#Cc1ccc(C)cc1)C(=O)O. The van der Waals surface area contributed by atoms with Crippen molar-refractivity contribution in [1.29, 1.82) is 0 Å². The Hall–Kier alpha value is -2.60. The van der Waals surface area contributed by atoms with Gasteiger partial charge in [-0.05, 0) is 68.7 Å². The van der Waals surface area contributed by atoms with Crippen LogP contribution in [0.3, 0.4) is 0 Å². The summed E-state index contributed by atoms with van der Waals surface area (Å²) in [7, 11) is 1.99. The van der Waals surface area contributed by atoms with Gasteiger partial charge in [0, 0.05) is 29.1 Å². The number of carboxylic acids is 1. The van der Waals surface area contributed by atoms with Crippen LogP contribution in [0.1, 0.15) is 39.9 Å². The monoisotopic (exact) mass is 497 g/mol. The fourth-order valence-electron chi connectivity index (χ4n) is 3.79. The Morgan fingerprint density at radius 3 is 2.62 bits per heavy atom. The zero-order valence-electron chi connectivity index (χ0n) is 19.7. The standard InChI is InChI=1S/C26H31N3O3S2/c1-17-4-6-18(7-5-17)8-9-19-16-20(29(2)24-23(33)12-14-27-24)10-11-21(19)25(30)28-22(26(31)32)13-15-34-3/h4-7,10-11,16,22-24,27,33H,12-15H2,1-3H3,(H,28,30)(H,31,32)/t22-,23?,24?/m0/s1. The van der Waals surface area contributed by atoms with Crippen molar-refractivity contribution in [3.05, 3.63) is 64.7 Å². The predicted molar refractivity (Wildman–Crippen MR) is 143 cm³/mol. The molecule has 1 fully saturated rings. The number of anilines is 1. The van der Waals surface area contributed by atoms with Gasteiger partial charge in [-0.15, -0.1) is 0 Å². The molecule has 1 heterocycles. The van der Waals surface area contributed by atoms with E-state index in [1.807, 2.05) is 56.6 Å². The summed E-state index contributed by atoms with van der Waals surface area (Å²) in [5.74, 6) is 5.44. The largest absolute Gasteiger partial charge is 0.480 e. The van der Waals surface area contributed by atoms with Crippen LogP contribution in [0.5, 0.6) is 0 Å². The number of carbonyl (C=O) groups is 2. The second-order valence-corrected chi connectivity index (χ2v) is 10.0. The van der Waals surface area contributed by atoms with Gasteiger partial charge in [-0.1, -0.05) is 29.5 Å². The van der Waals surface area contributed by atoms with Gasteiger partial charge >= 0.3 is 5.97 Å². The number of aryl methyl sites for hydroxylation is 1. The van der Waals surface area contributed by atoms with E-state index in [2.05, 4.69) is 40.0 Å². The molecule has 1 saturated heterocycles. The molecule has 180 valence electrons. The van der Waals surface area contributed by atoms with E-state index in [1.54, 1.807) is 17.8 Å². The van der Waals surface area contributed by atoms with E-state index in [4.69, 9.17) is 0 Å². The van der Waals surface area contributed by atoms with Crippen LogP contribution in [-0.4, -0.2) is 60.0 Å². The molecule has 0 aromatic heterocycles. The summed E-state index contributed by atoms with van der Waals surface area (Å²) in [5, 5.41) is 15.8. The van der Waals surface area contributed by atoms with Crippen LogP contribution in [0.4, 0.5) is 5.69 Å². The topological polar surface area (TPSA) is 81.7 Å². The minimum absolute atomic E-state index is 0.0730. The van der Waals surface area contributed by atoms with E-state index in [0.29, 0.717) is 23.3 Å². The molecule has 3 N–H and O–H groups in total. The van der Waals surface area contributed by atoms with Gasteiger partial charge in [0.15, 0.2) is 0 Å². The van der Waals surface area contributed by atoms with Crippen LogP contribution in [-0.2, 0) is 4.79 Å². The molecule has 8 heteroatoms. The average Bonchev–Trinajstić information content (AvgIpc) is 3.26. The first-order valence-corrected chi connectivity index (χ1v) is 13.1. The molecule has 34 heavy (non-hydrogen) atoms. The summed E-state index contributed by atoms with van der Waals surface area (Å²) >= 11 is 6.23. The first kappa shape index (κ1) is 26.0. The third-order valence-electron chi connectivity index (χ3n) is 5.84. The average molecular weight is 498 g/mol. The molecule has 1 amide bonds. The van der Waals surface area contributed by atoms with Gasteiger partial charge in [-0.2, -0.15) is 24.4 Å². The van der Waals surface area contributed by atoms with Gasteiger partial charge < -0.3 is 15.3 Å². The number of hydrogen-bond donors (Lipinski definition) is 4. The van der Waals surface area contributed by atoms with E-state index in [9.17, 15) is 14.7 Å². The van der Waals surface area contributed by atoms with Gasteiger partial charge in [0.25, 0.3) is 5.91 Å². The Morgan fingerprint density at radius 1 is 1.26 bits per heavy atom. The third-order valence-corrected chi connectivity index (χ3v) is 7.02. The molecule has 2 aromatic carbocycles. The lowest BCUT2D eigenvalue weighted by Gasteiger charge is -2.30. The van der Waals surface area contributed by atoms with Crippen LogP contribution in [0, 0.1) is 18.8 Å². The Bertz CT molecular complexity index is 1080.